The summed E-state index contributed by atoms with van der Waals surface area (Å²) in [5, 5.41) is 4.88. The molecule has 16 heavy (non-hydrogen) atoms. The zero-order chi connectivity index (χ0) is 12.2. The predicted octanol–water partition coefficient (Wildman–Crippen LogP) is 3.37. The summed E-state index contributed by atoms with van der Waals surface area (Å²) in [5.41, 5.74) is 0. The third-order valence-electron chi connectivity index (χ3n) is 2.36. The molecule has 0 aromatic carbocycles. The summed E-state index contributed by atoms with van der Waals surface area (Å²) in [6, 6.07) is 0. The first-order valence-electron chi connectivity index (χ1n) is 5.28. The van der Waals surface area contributed by atoms with Crippen LogP contribution in [0.2, 0.25) is 0 Å². The van der Waals surface area contributed by atoms with Crippen molar-refractivity contribution in [2.75, 3.05) is 6.54 Å². The Hall–Kier alpha value is -0.210. The Bertz CT molecular complexity index is 245. The Kier molecular flexibility index (Phi) is 5.13. The van der Waals surface area contributed by atoms with Gasteiger partial charge < -0.3 is 0 Å². The van der Waals surface area contributed by atoms with Crippen molar-refractivity contribution < 1.29 is 13.2 Å². The SMILES string of the molecule is CCCCCCN1N=CN(I)C1C(F)(F)F. The average molecular weight is 349 g/mol. The van der Waals surface area contributed by atoms with Gasteiger partial charge >= 0.3 is 6.18 Å². The normalized spacial score (nSPS) is 20.9. The largest absolute Gasteiger partial charge is 0.429 e. The van der Waals surface area contributed by atoms with Crippen LogP contribution in [0.4, 0.5) is 13.2 Å². The van der Waals surface area contributed by atoms with Gasteiger partial charge in [-0.05, 0) is 6.42 Å². The lowest BCUT2D eigenvalue weighted by Crippen LogP contribution is -2.46. The van der Waals surface area contributed by atoms with E-state index >= 15 is 0 Å². The highest BCUT2D eigenvalue weighted by atomic mass is 127. The van der Waals surface area contributed by atoms with E-state index < -0.39 is 12.3 Å². The van der Waals surface area contributed by atoms with Gasteiger partial charge in [-0.2, -0.15) is 18.3 Å². The van der Waals surface area contributed by atoms with Crippen molar-refractivity contribution >= 4 is 29.2 Å². The van der Waals surface area contributed by atoms with Gasteiger partial charge in [0.1, 0.15) is 6.34 Å². The molecule has 0 aliphatic carbocycles. The number of unbranched alkanes of at least 4 members (excludes halogenated alkanes) is 3. The Morgan fingerprint density at radius 1 is 1.31 bits per heavy atom. The second kappa shape index (κ2) is 5.92. The highest BCUT2D eigenvalue weighted by molar-refractivity contribution is 14.1. The summed E-state index contributed by atoms with van der Waals surface area (Å²) >= 11 is 1.63. The van der Waals surface area contributed by atoms with Crippen LogP contribution >= 0.6 is 22.9 Å². The van der Waals surface area contributed by atoms with E-state index in [0.717, 1.165) is 33.8 Å². The van der Waals surface area contributed by atoms with E-state index in [-0.39, 0.29) is 0 Å². The van der Waals surface area contributed by atoms with Gasteiger partial charge in [0.25, 0.3) is 0 Å². The molecule has 1 atom stereocenters. The molecule has 1 heterocycles. The number of halogens is 4. The Morgan fingerprint density at radius 2 is 2.00 bits per heavy atom. The molecule has 0 amide bonds. The van der Waals surface area contributed by atoms with Crippen LogP contribution in [0.3, 0.4) is 0 Å². The summed E-state index contributed by atoms with van der Waals surface area (Å²) in [6.07, 6.45) is -0.806. The van der Waals surface area contributed by atoms with E-state index in [1.54, 1.807) is 22.9 Å². The molecule has 3 nitrogen and oxygen atoms in total. The van der Waals surface area contributed by atoms with Crippen LogP contribution in [-0.4, -0.2) is 33.3 Å². The number of hydrogen-bond acceptors (Lipinski definition) is 3. The first kappa shape index (κ1) is 13.9. The highest BCUT2D eigenvalue weighted by Crippen LogP contribution is 2.32. The van der Waals surface area contributed by atoms with Crippen LogP contribution in [0.15, 0.2) is 5.10 Å². The fraction of sp³-hybridized carbons (Fsp3) is 0.889. The van der Waals surface area contributed by atoms with Crippen molar-refractivity contribution in [3.8, 4) is 0 Å². The number of nitrogens with zero attached hydrogens (tertiary/aromatic N) is 3. The highest BCUT2D eigenvalue weighted by Gasteiger charge is 2.48. The van der Waals surface area contributed by atoms with E-state index in [9.17, 15) is 13.2 Å². The van der Waals surface area contributed by atoms with Crippen molar-refractivity contribution in [2.45, 2.75) is 44.9 Å². The van der Waals surface area contributed by atoms with Gasteiger partial charge in [-0.15, -0.1) is 0 Å². The van der Waals surface area contributed by atoms with Crippen molar-refractivity contribution in [3.63, 3.8) is 0 Å². The second-order valence-electron chi connectivity index (χ2n) is 3.71. The maximum atomic E-state index is 12.7. The molecule has 0 bridgehead atoms. The molecule has 7 heteroatoms. The van der Waals surface area contributed by atoms with E-state index in [0.29, 0.717) is 6.54 Å². The molecule has 1 unspecified atom stereocenters. The summed E-state index contributed by atoms with van der Waals surface area (Å²) < 4.78 is 39.1. The molecular weight excluding hydrogens is 334 g/mol. The molecule has 0 aromatic heterocycles. The van der Waals surface area contributed by atoms with E-state index in [2.05, 4.69) is 12.0 Å². The van der Waals surface area contributed by atoms with Crippen LogP contribution in [-0.2, 0) is 0 Å². The minimum absolute atomic E-state index is 0.361. The van der Waals surface area contributed by atoms with E-state index in [4.69, 9.17) is 0 Å². The molecule has 0 radical (unpaired) electrons. The minimum Gasteiger partial charge on any atom is -0.272 e. The summed E-state index contributed by atoms with van der Waals surface area (Å²) in [6.45, 7) is 2.43. The van der Waals surface area contributed by atoms with Crippen molar-refractivity contribution in [1.29, 1.82) is 0 Å². The first-order chi connectivity index (χ1) is 7.46. The van der Waals surface area contributed by atoms with Gasteiger partial charge in [-0.3, -0.25) is 8.12 Å². The molecule has 0 fully saturated rings. The zero-order valence-corrected chi connectivity index (χ0v) is 11.2. The van der Waals surface area contributed by atoms with Gasteiger partial charge in [-0.1, -0.05) is 26.2 Å². The van der Waals surface area contributed by atoms with Crippen LogP contribution in [0.1, 0.15) is 32.6 Å². The maximum Gasteiger partial charge on any atom is 0.429 e. The Morgan fingerprint density at radius 3 is 2.56 bits per heavy atom. The molecular formula is C9H15F3IN3. The van der Waals surface area contributed by atoms with Crippen LogP contribution < -0.4 is 0 Å². The molecule has 0 aromatic rings. The molecule has 0 spiro atoms. The lowest BCUT2D eigenvalue weighted by atomic mass is 10.2. The predicted molar refractivity (Wildman–Crippen MR) is 65.0 cm³/mol. The number of hydrazone groups is 1. The fourth-order valence-corrected chi connectivity index (χ4v) is 2.27. The molecule has 1 aliphatic rings. The van der Waals surface area contributed by atoms with Crippen molar-refractivity contribution in [2.24, 2.45) is 5.10 Å². The van der Waals surface area contributed by atoms with E-state index in [1.807, 2.05) is 0 Å². The topological polar surface area (TPSA) is 18.8 Å². The van der Waals surface area contributed by atoms with Gasteiger partial charge in [0.05, 0.1) is 22.9 Å². The van der Waals surface area contributed by atoms with Gasteiger partial charge in [0.15, 0.2) is 0 Å². The first-order valence-corrected chi connectivity index (χ1v) is 6.25. The summed E-state index contributed by atoms with van der Waals surface area (Å²) in [7, 11) is 0. The second-order valence-corrected chi connectivity index (χ2v) is 4.83. The average Bonchev–Trinajstić information content (AvgIpc) is 2.54. The fourth-order valence-electron chi connectivity index (χ4n) is 1.56. The number of alkyl halides is 3. The Balaban J connectivity index is 2.43. The monoisotopic (exact) mass is 349 g/mol. The molecule has 1 rings (SSSR count). The lowest BCUT2D eigenvalue weighted by molar-refractivity contribution is -0.194. The molecule has 94 valence electrons. The third kappa shape index (κ3) is 3.67. The van der Waals surface area contributed by atoms with Crippen LogP contribution in [0, 0.1) is 0 Å². The van der Waals surface area contributed by atoms with Gasteiger partial charge in [0.2, 0.25) is 6.17 Å². The van der Waals surface area contributed by atoms with Crippen molar-refractivity contribution in [1.82, 2.24) is 8.12 Å². The Labute approximate surface area is 107 Å². The zero-order valence-electron chi connectivity index (χ0n) is 9.04. The maximum absolute atomic E-state index is 12.7. The van der Waals surface area contributed by atoms with Crippen molar-refractivity contribution in [3.05, 3.63) is 0 Å². The molecule has 1 aliphatic heterocycles. The van der Waals surface area contributed by atoms with E-state index in [1.165, 1.54) is 6.34 Å². The van der Waals surface area contributed by atoms with Crippen LogP contribution in [0.5, 0.6) is 0 Å². The summed E-state index contributed by atoms with van der Waals surface area (Å²) in [4.78, 5) is 0. The quantitative estimate of drug-likeness (QED) is 0.431. The lowest BCUT2D eigenvalue weighted by Gasteiger charge is -2.28. The van der Waals surface area contributed by atoms with Gasteiger partial charge in [-0.25, -0.2) is 0 Å². The standard InChI is InChI=1S/C9H15F3IN3/c1-2-3-4-5-6-16-8(9(10,11)12)15(13)7-14-16/h7-8H,2-6H2,1H3. The van der Waals surface area contributed by atoms with Crippen LogP contribution in [0.25, 0.3) is 0 Å². The molecule has 0 N–H and O–H groups in total. The number of rotatable bonds is 5. The third-order valence-corrected chi connectivity index (χ3v) is 3.14. The molecule has 0 saturated heterocycles. The minimum atomic E-state index is -4.26. The van der Waals surface area contributed by atoms with Gasteiger partial charge in [0, 0.05) is 6.54 Å². The smallest absolute Gasteiger partial charge is 0.272 e. The number of hydrogen-bond donors (Lipinski definition) is 0. The molecule has 0 saturated carbocycles. The summed E-state index contributed by atoms with van der Waals surface area (Å²) in [5.74, 6) is 0.